The summed E-state index contributed by atoms with van der Waals surface area (Å²) < 4.78 is 2.56. The lowest BCUT2D eigenvalue weighted by Crippen LogP contribution is -1.78. The molecule has 1 aromatic heterocycles. The van der Waals surface area contributed by atoms with E-state index in [9.17, 15) is 0 Å². The van der Waals surface area contributed by atoms with Crippen LogP contribution < -0.4 is 0 Å². The summed E-state index contributed by atoms with van der Waals surface area (Å²) in [5.41, 5.74) is 2.55. The molecule has 0 nitrogen and oxygen atoms in total. The molecule has 0 amide bonds. The van der Waals surface area contributed by atoms with Crippen LogP contribution in [-0.2, 0) is 0 Å². The molecule has 0 fully saturated rings. The molecule has 0 aliphatic rings. The van der Waals surface area contributed by atoms with Crippen molar-refractivity contribution < 1.29 is 0 Å². The molecule has 4 rings (SSSR count). The van der Waals surface area contributed by atoms with E-state index in [0.29, 0.717) is 0 Å². The van der Waals surface area contributed by atoms with Crippen molar-refractivity contribution >= 4 is 43.1 Å². The Labute approximate surface area is 126 Å². The summed E-state index contributed by atoms with van der Waals surface area (Å²) in [6.07, 6.45) is 0. The first kappa shape index (κ1) is 12.0. The molecule has 1 heterocycles. The molecule has 4 aromatic rings. The van der Waals surface area contributed by atoms with Gasteiger partial charge in [0, 0.05) is 25.2 Å². The molecule has 2 heteroatoms. The molecule has 20 heavy (non-hydrogen) atoms. The summed E-state index contributed by atoms with van der Waals surface area (Å²) >= 11 is 7.91. The Bertz CT molecular complexity index is 907. The van der Waals surface area contributed by atoms with Gasteiger partial charge in [-0.15, -0.1) is 11.3 Å². The molecule has 0 radical (unpaired) electrons. The summed E-state index contributed by atoms with van der Waals surface area (Å²) in [5, 5.41) is 3.41. The molecule has 0 aliphatic carbocycles. The van der Waals surface area contributed by atoms with Crippen molar-refractivity contribution in [3.63, 3.8) is 0 Å². The molecule has 96 valence electrons. The number of hydrogen-bond donors (Lipinski definition) is 0. The number of fused-ring (bicyclic) bond motifs is 3. The van der Waals surface area contributed by atoms with E-state index in [1.807, 2.05) is 6.07 Å². The van der Waals surface area contributed by atoms with Crippen LogP contribution in [0.2, 0.25) is 5.02 Å². The number of hydrogen-bond acceptors (Lipinski definition) is 1. The third-order valence-electron chi connectivity index (χ3n) is 3.54. The molecule has 0 spiro atoms. The Hall–Kier alpha value is -1.83. The van der Waals surface area contributed by atoms with Crippen LogP contribution >= 0.6 is 22.9 Å². The van der Waals surface area contributed by atoms with Gasteiger partial charge in [0.15, 0.2) is 0 Å². The van der Waals surface area contributed by atoms with Crippen LogP contribution in [0.15, 0.2) is 66.7 Å². The Morgan fingerprint density at radius 1 is 0.750 bits per heavy atom. The maximum atomic E-state index is 6.11. The second-order valence-corrected chi connectivity index (χ2v) is 6.31. The standard InChI is InChI=1S/C18H11ClS/c19-13-9-10-15-17(11-13)20-16-8-4-7-14(18(15)16)12-5-2-1-3-6-12/h1-11H. The maximum Gasteiger partial charge on any atom is 0.0420 e. The molecular formula is C18H11ClS. The van der Waals surface area contributed by atoms with Gasteiger partial charge < -0.3 is 0 Å². The predicted octanol–water partition coefficient (Wildman–Crippen LogP) is 6.37. The molecule has 0 saturated heterocycles. The highest BCUT2D eigenvalue weighted by Gasteiger charge is 2.10. The molecule has 0 saturated carbocycles. The van der Waals surface area contributed by atoms with E-state index in [4.69, 9.17) is 11.6 Å². The van der Waals surface area contributed by atoms with Gasteiger partial charge in [-0.25, -0.2) is 0 Å². The lowest BCUT2D eigenvalue weighted by Gasteiger charge is -2.04. The highest BCUT2D eigenvalue weighted by atomic mass is 35.5. The smallest absolute Gasteiger partial charge is 0.0420 e. The molecule has 0 unspecified atom stereocenters. The van der Waals surface area contributed by atoms with Gasteiger partial charge in [0.05, 0.1) is 0 Å². The molecule has 0 aliphatic heterocycles. The van der Waals surface area contributed by atoms with Crippen molar-refractivity contribution in [3.8, 4) is 11.1 Å². The van der Waals surface area contributed by atoms with Crippen LogP contribution in [0.5, 0.6) is 0 Å². The summed E-state index contributed by atoms with van der Waals surface area (Å²) in [5.74, 6) is 0. The van der Waals surface area contributed by atoms with Crippen molar-refractivity contribution in [1.29, 1.82) is 0 Å². The lowest BCUT2D eigenvalue weighted by atomic mass is 10.00. The van der Waals surface area contributed by atoms with Crippen LogP contribution in [0.4, 0.5) is 0 Å². The van der Waals surface area contributed by atoms with Crippen molar-refractivity contribution in [2.24, 2.45) is 0 Å². The summed E-state index contributed by atoms with van der Waals surface area (Å²) in [4.78, 5) is 0. The largest absolute Gasteiger partial charge is 0.135 e. The van der Waals surface area contributed by atoms with E-state index in [1.54, 1.807) is 11.3 Å². The monoisotopic (exact) mass is 294 g/mol. The fourth-order valence-corrected chi connectivity index (χ4v) is 4.07. The Balaban J connectivity index is 2.14. The van der Waals surface area contributed by atoms with E-state index in [-0.39, 0.29) is 0 Å². The molecule has 3 aromatic carbocycles. The number of benzene rings is 3. The molecule has 0 N–H and O–H groups in total. The first-order chi connectivity index (χ1) is 9.83. The zero-order valence-electron chi connectivity index (χ0n) is 10.6. The van der Waals surface area contributed by atoms with Gasteiger partial charge >= 0.3 is 0 Å². The van der Waals surface area contributed by atoms with Gasteiger partial charge in [-0.05, 0) is 29.3 Å². The first-order valence-electron chi connectivity index (χ1n) is 6.49. The first-order valence-corrected chi connectivity index (χ1v) is 7.68. The second-order valence-electron chi connectivity index (χ2n) is 4.79. The summed E-state index contributed by atoms with van der Waals surface area (Å²) in [7, 11) is 0. The minimum atomic E-state index is 0.797. The number of rotatable bonds is 1. The summed E-state index contributed by atoms with van der Waals surface area (Å²) in [6.45, 7) is 0. The minimum absolute atomic E-state index is 0.797. The van der Waals surface area contributed by atoms with Crippen molar-refractivity contribution in [1.82, 2.24) is 0 Å². The highest BCUT2D eigenvalue weighted by molar-refractivity contribution is 7.26. The molecule has 0 bridgehead atoms. The number of halogens is 1. The van der Waals surface area contributed by atoms with Gasteiger partial charge in [0.1, 0.15) is 0 Å². The van der Waals surface area contributed by atoms with Crippen molar-refractivity contribution in [2.75, 3.05) is 0 Å². The average molecular weight is 295 g/mol. The summed E-state index contributed by atoms with van der Waals surface area (Å²) in [6, 6.07) is 23.2. The van der Waals surface area contributed by atoms with Gasteiger partial charge in [-0.1, -0.05) is 60.1 Å². The third kappa shape index (κ3) is 1.82. The van der Waals surface area contributed by atoms with E-state index in [2.05, 4.69) is 60.7 Å². The minimum Gasteiger partial charge on any atom is -0.135 e. The van der Waals surface area contributed by atoms with Crippen LogP contribution in [0.3, 0.4) is 0 Å². The van der Waals surface area contributed by atoms with Gasteiger partial charge in [0.2, 0.25) is 0 Å². The predicted molar refractivity (Wildman–Crippen MR) is 89.8 cm³/mol. The quantitative estimate of drug-likeness (QED) is 0.382. The second kappa shape index (κ2) is 4.62. The van der Waals surface area contributed by atoms with Crippen LogP contribution in [0.25, 0.3) is 31.3 Å². The zero-order chi connectivity index (χ0) is 13.5. The van der Waals surface area contributed by atoms with Gasteiger partial charge in [-0.3, -0.25) is 0 Å². The molecular weight excluding hydrogens is 284 g/mol. The van der Waals surface area contributed by atoms with E-state index in [0.717, 1.165) is 5.02 Å². The van der Waals surface area contributed by atoms with E-state index < -0.39 is 0 Å². The van der Waals surface area contributed by atoms with Gasteiger partial charge in [-0.2, -0.15) is 0 Å². The van der Waals surface area contributed by atoms with Crippen LogP contribution in [0, 0.1) is 0 Å². The highest BCUT2D eigenvalue weighted by Crippen LogP contribution is 2.40. The fourth-order valence-electron chi connectivity index (χ4n) is 2.66. The Kier molecular flexibility index (Phi) is 2.76. The fraction of sp³-hybridized carbons (Fsp3) is 0. The number of thiophene rings is 1. The zero-order valence-corrected chi connectivity index (χ0v) is 12.2. The van der Waals surface area contributed by atoms with Crippen molar-refractivity contribution in [3.05, 3.63) is 71.8 Å². The van der Waals surface area contributed by atoms with Crippen LogP contribution in [0.1, 0.15) is 0 Å². The van der Waals surface area contributed by atoms with E-state index >= 15 is 0 Å². The average Bonchev–Trinajstić information content (AvgIpc) is 2.85. The normalized spacial score (nSPS) is 11.2. The molecule has 0 atom stereocenters. The van der Waals surface area contributed by atoms with Crippen molar-refractivity contribution in [2.45, 2.75) is 0 Å². The SMILES string of the molecule is Clc1ccc2c(c1)sc1cccc(-c3ccccc3)c12. The van der Waals surface area contributed by atoms with E-state index in [1.165, 1.54) is 31.3 Å². The maximum absolute atomic E-state index is 6.11. The topological polar surface area (TPSA) is 0 Å². The Morgan fingerprint density at radius 3 is 2.45 bits per heavy atom. The third-order valence-corrected chi connectivity index (χ3v) is 4.90. The van der Waals surface area contributed by atoms with Gasteiger partial charge in [0.25, 0.3) is 0 Å². The lowest BCUT2D eigenvalue weighted by molar-refractivity contribution is 1.67. The Morgan fingerprint density at radius 2 is 1.60 bits per heavy atom. The van der Waals surface area contributed by atoms with Crippen LogP contribution in [-0.4, -0.2) is 0 Å².